The largest absolute Gasteiger partial charge is 0.469 e. The number of piperazine rings is 1. The van der Waals surface area contributed by atoms with E-state index in [4.69, 9.17) is 9.40 Å². The van der Waals surface area contributed by atoms with E-state index >= 15 is 0 Å². The minimum Gasteiger partial charge on any atom is -0.469 e. The summed E-state index contributed by atoms with van der Waals surface area (Å²) in [6, 6.07) is 16.6. The number of nitrogens with one attached hydrogen (secondary N) is 2. The van der Waals surface area contributed by atoms with Crippen LogP contribution in [-0.2, 0) is 38.4 Å². The van der Waals surface area contributed by atoms with E-state index in [1.807, 2.05) is 33.7 Å². The zero-order chi connectivity index (χ0) is 42.1. The van der Waals surface area contributed by atoms with Gasteiger partial charge in [0.15, 0.2) is 5.65 Å². The van der Waals surface area contributed by atoms with Crippen molar-refractivity contribution in [2.75, 3.05) is 37.6 Å². The predicted octanol–water partition coefficient (Wildman–Crippen LogP) is 3.99. The number of aryl methyl sites for hydroxylation is 3. The van der Waals surface area contributed by atoms with Crippen molar-refractivity contribution >= 4 is 45.9 Å². The number of imide groups is 1. The Labute approximate surface area is 351 Å². The van der Waals surface area contributed by atoms with Gasteiger partial charge in [0.1, 0.15) is 29.5 Å². The second-order valence-electron chi connectivity index (χ2n) is 15.6. The van der Waals surface area contributed by atoms with Crippen molar-refractivity contribution in [3.8, 4) is 11.1 Å². The Morgan fingerprint density at radius 2 is 1.69 bits per heavy atom. The predicted molar refractivity (Wildman–Crippen MR) is 225 cm³/mol. The molecule has 316 valence electrons. The van der Waals surface area contributed by atoms with Crippen LogP contribution in [0.5, 0.6) is 0 Å². The molecule has 0 bridgehead atoms. The van der Waals surface area contributed by atoms with Crippen molar-refractivity contribution in [2.45, 2.75) is 83.1 Å². The van der Waals surface area contributed by atoms with Gasteiger partial charge in [-0.25, -0.2) is 4.98 Å². The molecule has 17 nitrogen and oxygen atoms in total. The van der Waals surface area contributed by atoms with E-state index in [0.717, 1.165) is 95.9 Å². The standard InChI is InChI=1S/C44H49N11O6/c56-39(19-10-30-9-16-36-34(27-30)44(60)55(51-49-36)37-17-20-40(57)48-43(37)59)45-21-5-3-1-2-4-8-41(58)53-24-22-52(23-25-53)32-13-11-31(12-14-32)35-28-46-38(54-29-47-50-42(35)54)18-15-33-7-6-26-61-33/h6-7,9,11-14,16,26-29,37H,1-5,8,10,15,17-25H2,(H,45,56)(H,48,57,59). The molecule has 1 atom stereocenters. The maximum atomic E-state index is 13.2. The van der Waals surface area contributed by atoms with Gasteiger partial charge >= 0.3 is 0 Å². The molecule has 2 aliphatic heterocycles. The molecule has 1 unspecified atom stereocenters. The van der Waals surface area contributed by atoms with Gasteiger partial charge in [-0.2, -0.15) is 4.68 Å². The number of benzene rings is 2. The first kappa shape index (κ1) is 41.0. The second kappa shape index (κ2) is 19.1. The molecule has 2 fully saturated rings. The van der Waals surface area contributed by atoms with Crippen molar-refractivity contribution in [2.24, 2.45) is 0 Å². The lowest BCUT2D eigenvalue weighted by molar-refractivity contribution is -0.136. The van der Waals surface area contributed by atoms with Crippen LogP contribution in [0.2, 0.25) is 0 Å². The smallest absolute Gasteiger partial charge is 0.278 e. The lowest BCUT2D eigenvalue weighted by atomic mass is 10.1. The summed E-state index contributed by atoms with van der Waals surface area (Å²) in [5.41, 5.74) is 4.56. The summed E-state index contributed by atoms with van der Waals surface area (Å²) in [7, 11) is 0. The lowest BCUT2D eigenvalue weighted by Crippen LogP contribution is -2.48. The number of nitrogens with zero attached hydrogens (tertiary/aromatic N) is 9. The third-order valence-electron chi connectivity index (χ3n) is 11.5. The van der Waals surface area contributed by atoms with Gasteiger partial charge in [0.2, 0.25) is 17.7 Å². The molecule has 0 spiro atoms. The summed E-state index contributed by atoms with van der Waals surface area (Å²) < 4.78 is 8.45. The van der Waals surface area contributed by atoms with E-state index in [9.17, 15) is 24.0 Å². The molecule has 6 heterocycles. The molecule has 6 aromatic rings. The van der Waals surface area contributed by atoms with Crippen molar-refractivity contribution in [1.82, 2.24) is 50.1 Å². The Morgan fingerprint density at radius 3 is 2.49 bits per heavy atom. The third kappa shape index (κ3) is 9.82. The highest BCUT2D eigenvalue weighted by Gasteiger charge is 2.30. The summed E-state index contributed by atoms with van der Waals surface area (Å²) in [6.45, 7) is 3.54. The fourth-order valence-electron chi connectivity index (χ4n) is 8.05. The van der Waals surface area contributed by atoms with Gasteiger partial charge < -0.3 is 19.5 Å². The number of rotatable bonds is 17. The Morgan fingerprint density at radius 1 is 0.869 bits per heavy atom. The van der Waals surface area contributed by atoms with E-state index in [2.05, 4.69) is 60.3 Å². The molecule has 2 N–H and O–H groups in total. The summed E-state index contributed by atoms with van der Waals surface area (Å²) in [4.78, 5) is 71.6. The first-order valence-electron chi connectivity index (χ1n) is 21.1. The molecule has 8 rings (SSSR count). The van der Waals surface area contributed by atoms with Gasteiger partial charge in [-0.05, 0) is 73.2 Å². The molecule has 0 aliphatic carbocycles. The van der Waals surface area contributed by atoms with Gasteiger partial charge in [0.05, 0.1) is 11.6 Å². The Kier molecular flexibility index (Phi) is 12.8. The molecular formula is C44H49N11O6. The first-order chi connectivity index (χ1) is 29.8. The van der Waals surface area contributed by atoms with Crippen LogP contribution in [0.4, 0.5) is 5.69 Å². The van der Waals surface area contributed by atoms with Gasteiger partial charge in [0.25, 0.3) is 11.5 Å². The van der Waals surface area contributed by atoms with Crippen molar-refractivity contribution in [1.29, 1.82) is 0 Å². The summed E-state index contributed by atoms with van der Waals surface area (Å²) in [5, 5.41) is 22.1. The second-order valence-corrected chi connectivity index (χ2v) is 15.6. The van der Waals surface area contributed by atoms with E-state index in [0.29, 0.717) is 49.8 Å². The van der Waals surface area contributed by atoms with Gasteiger partial charge in [-0.15, -0.1) is 15.3 Å². The number of hydrogen-bond donors (Lipinski definition) is 2. The maximum absolute atomic E-state index is 13.2. The van der Waals surface area contributed by atoms with Gasteiger partial charge in [-0.1, -0.05) is 42.7 Å². The number of fused-ring (bicyclic) bond motifs is 2. The molecule has 4 amide bonds. The van der Waals surface area contributed by atoms with E-state index in [1.54, 1.807) is 24.7 Å². The topological polar surface area (TPSA) is 203 Å². The number of unbranched alkanes of at least 4 members (excludes halogenated alkanes) is 4. The molecular weight excluding hydrogens is 779 g/mol. The number of piperidine rings is 1. The quantitative estimate of drug-likeness (QED) is 0.0991. The average Bonchev–Trinajstić information content (AvgIpc) is 4.00. The summed E-state index contributed by atoms with van der Waals surface area (Å²) in [5.74, 6) is 0.988. The van der Waals surface area contributed by atoms with Crippen molar-refractivity contribution < 1.29 is 23.6 Å². The number of furan rings is 1. The van der Waals surface area contributed by atoms with E-state index in [-0.39, 0.29) is 37.0 Å². The average molecular weight is 828 g/mol. The van der Waals surface area contributed by atoms with Crippen molar-refractivity contribution in [3.63, 3.8) is 0 Å². The van der Waals surface area contributed by atoms with Gasteiger partial charge in [0, 0.05) is 82.3 Å². The Balaban J connectivity index is 0.697. The highest BCUT2D eigenvalue weighted by molar-refractivity contribution is 5.99. The number of amides is 4. The lowest BCUT2D eigenvalue weighted by Gasteiger charge is -2.36. The molecule has 2 aromatic carbocycles. The molecule has 2 saturated heterocycles. The van der Waals surface area contributed by atoms with Crippen LogP contribution in [0.1, 0.15) is 81.0 Å². The van der Waals surface area contributed by atoms with Crippen LogP contribution < -0.4 is 21.1 Å². The fourth-order valence-corrected chi connectivity index (χ4v) is 8.05. The van der Waals surface area contributed by atoms with E-state index < -0.39 is 17.5 Å². The monoisotopic (exact) mass is 827 g/mol. The number of hydrogen-bond acceptors (Lipinski definition) is 12. The number of carbonyl (C=O) groups excluding carboxylic acids is 4. The normalized spacial score (nSPS) is 15.7. The number of carbonyl (C=O) groups is 4. The van der Waals surface area contributed by atoms with E-state index in [1.165, 1.54) is 0 Å². The Bertz CT molecular complexity index is 2560. The zero-order valence-electron chi connectivity index (χ0n) is 34.0. The third-order valence-corrected chi connectivity index (χ3v) is 11.5. The Hall–Kier alpha value is -6.78. The minimum absolute atomic E-state index is 0.0674. The van der Waals surface area contributed by atoms with Gasteiger partial charge in [-0.3, -0.25) is 33.7 Å². The number of aromatic nitrogens is 7. The van der Waals surface area contributed by atoms with Crippen molar-refractivity contribution in [3.05, 3.63) is 101 Å². The molecule has 2 aliphatic rings. The molecule has 17 heteroatoms. The van der Waals surface area contributed by atoms with Crippen LogP contribution in [0.15, 0.2) is 82.6 Å². The minimum atomic E-state index is -0.892. The highest BCUT2D eigenvalue weighted by Crippen LogP contribution is 2.27. The van der Waals surface area contributed by atoms with Crippen LogP contribution >= 0.6 is 0 Å². The van der Waals surface area contributed by atoms with Crippen LogP contribution in [0.3, 0.4) is 0 Å². The molecule has 0 radical (unpaired) electrons. The summed E-state index contributed by atoms with van der Waals surface area (Å²) >= 11 is 0. The fraction of sp³-hybridized carbons (Fsp3) is 0.409. The summed E-state index contributed by atoms with van der Waals surface area (Å²) in [6.07, 6.45) is 12.9. The van der Waals surface area contributed by atoms with Crippen LogP contribution in [0, 0.1) is 0 Å². The SMILES string of the molecule is O=C(CCc1ccc2nnn(C3CCC(=O)NC3=O)c(=O)c2c1)NCCCCCCCC(=O)N1CCN(c2ccc(-c3cnc(CCc4ccco4)n4cnnc34)cc2)CC1. The molecule has 4 aromatic heterocycles. The molecule has 61 heavy (non-hydrogen) atoms. The zero-order valence-corrected chi connectivity index (χ0v) is 34.0. The first-order valence-corrected chi connectivity index (χ1v) is 21.1. The van der Waals surface area contributed by atoms with Crippen LogP contribution in [0.25, 0.3) is 27.7 Å². The maximum Gasteiger partial charge on any atom is 0.278 e. The number of anilines is 1. The van der Waals surface area contributed by atoms with Crippen LogP contribution in [-0.4, -0.2) is 95.8 Å². The highest BCUT2D eigenvalue weighted by atomic mass is 16.3. The molecule has 0 saturated carbocycles.